The van der Waals surface area contributed by atoms with Gasteiger partial charge in [0.1, 0.15) is 0 Å². The lowest BCUT2D eigenvalue weighted by Gasteiger charge is -2.36. The number of hydrogen-bond donors (Lipinski definition) is 1. The van der Waals surface area contributed by atoms with Gasteiger partial charge >= 0.3 is 0 Å². The van der Waals surface area contributed by atoms with E-state index in [2.05, 4.69) is 19.2 Å². The molecule has 18 heavy (non-hydrogen) atoms. The van der Waals surface area contributed by atoms with E-state index in [1.54, 1.807) is 8.61 Å². The molecule has 0 saturated carbocycles. The van der Waals surface area contributed by atoms with Crippen molar-refractivity contribution in [3.05, 3.63) is 0 Å². The molecule has 1 N–H and O–H groups in total. The molecule has 2 rings (SSSR count). The summed E-state index contributed by atoms with van der Waals surface area (Å²) in [5.41, 5.74) is 0. The average molecular weight is 293 g/mol. The van der Waals surface area contributed by atoms with Gasteiger partial charge in [0.2, 0.25) is 0 Å². The Morgan fingerprint density at radius 1 is 1.06 bits per heavy atom. The van der Waals surface area contributed by atoms with Crippen LogP contribution in [0, 0.1) is 0 Å². The van der Waals surface area contributed by atoms with Crippen molar-refractivity contribution in [1.82, 2.24) is 13.9 Å². The molecule has 2 unspecified atom stereocenters. The minimum atomic E-state index is -3.26. The first-order chi connectivity index (χ1) is 8.50. The molecule has 5 nitrogen and oxygen atoms in total. The standard InChI is InChI=1S/C11H23N3O2S2/c1-10-8-14(9-11(2)17-10)18(15,16)13-6-3-4-12-5-7-13/h10-12H,3-9H2,1-2H3. The van der Waals surface area contributed by atoms with Gasteiger partial charge in [-0.1, -0.05) is 13.8 Å². The van der Waals surface area contributed by atoms with Gasteiger partial charge in [0.05, 0.1) is 0 Å². The number of nitrogens with one attached hydrogen (secondary N) is 1. The van der Waals surface area contributed by atoms with Crippen LogP contribution in [0.15, 0.2) is 0 Å². The van der Waals surface area contributed by atoms with Gasteiger partial charge in [-0.05, 0) is 13.0 Å². The topological polar surface area (TPSA) is 52.7 Å². The summed E-state index contributed by atoms with van der Waals surface area (Å²) in [6.45, 7) is 8.39. The molecule has 0 aliphatic carbocycles. The molecule has 2 atom stereocenters. The fourth-order valence-electron chi connectivity index (χ4n) is 2.53. The SMILES string of the molecule is CC1CN(S(=O)(=O)N2CCCNCC2)CC(C)S1. The Balaban J connectivity index is 2.08. The van der Waals surface area contributed by atoms with E-state index >= 15 is 0 Å². The van der Waals surface area contributed by atoms with Gasteiger partial charge in [-0.3, -0.25) is 0 Å². The number of thioether (sulfide) groups is 1. The quantitative estimate of drug-likeness (QED) is 0.798. The van der Waals surface area contributed by atoms with Gasteiger partial charge in [-0.15, -0.1) is 0 Å². The van der Waals surface area contributed by atoms with Gasteiger partial charge in [0, 0.05) is 43.2 Å². The van der Waals surface area contributed by atoms with E-state index < -0.39 is 10.2 Å². The molecule has 2 heterocycles. The molecule has 0 amide bonds. The zero-order chi connectivity index (χ0) is 13.2. The van der Waals surface area contributed by atoms with Crippen LogP contribution in [0.5, 0.6) is 0 Å². The summed E-state index contributed by atoms with van der Waals surface area (Å²) in [4.78, 5) is 0. The van der Waals surface area contributed by atoms with Crippen molar-refractivity contribution in [2.24, 2.45) is 0 Å². The van der Waals surface area contributed by atoms with E-state index in [4.69, 9.17) is 0 Å². The van der Waals surface area contributed by atoms with E-state index in [1.807, 2.05) is 11.8 Å². The number of hydrogen-bond acceptors (Lipinski definition) is 4. The molecule has 2 aliphatic heterocycles. The maximum absolute atomic E-state index is 12.6. The first-order valence-corrected chi connectivity index (χ1v) is 8.95. The third-order valence-electron chi connectivity index (χ3n) is 3.34. The lowest BCUT2D eigenvalue weighted by atomic mass is 10.4. The Bertz CT molecular complexity index is 356. The van der Waals surface area contributed by atoms with Crippen molar-refractivity contribution < 1.29 is 8.42 Å². The summed E-state index contributed by atoms with van der Waals surface area (Å²) in [5.74, 6) is 0. The molecule has 2 fully saturated rings. The highest BCUT2D eigenvalue weighted by Gasteiger charge is 2.35. The predicted molar refractivity (Wildman–Crippen MR) is 76.1 cm³/mol. The van der Waals surface area contributed by atoms with Crippen molar-refractivity contribution in [1.29, 1.82) is 0 Å². The first kappa shape index (κ1) is 14.6. The molecule has 0 spiro atoms. The van der Waals surface area contributed by atoms with Crippen molar-refractivity contribution in [3.63, 3.8) is 0 Å². The minimum absolute atomic E-state index is 0.383. The van der Waals surface area contributed by atoms with Gasteiger partial charge in [-0.2, -0.15) is 28.8 Å². The summed E-state index contributed by atoms with van der Waals surface area (Å²) >= 11 is 1.87. The molecule has 7 heteroatoms. The lowest BCUT2D eigenvalue weighted by molar-refractivity contribution is 0.340. The second-order valence-electron chi connectivity index (χ2n) is 5.08. The van der Waals surface area contributed by atoms with Gasteiger partial charge < -0.3 is 5.32 Å². The van der Waals surface area contributed by atoms with Gasteiger partial charge in [0.25, 0.3) is 10.2 Å². The largest absolute Gasteiger partial charge is 0.315 e. The Morgan fingerprint density at radius 3 is 2.39 bits per heavy atom. The highest BCUT2D eigenvalue weighted by molar-refractivity contribution is 8.00. The van der Waals surface area contributed by atoms with Crippen LogP contribution in [0.2, 0.25) is 0 Å². The van der Waals surface area contributed by atoms with E-state index in [0.29, 0.717) is 36.7 Å². The molecule has 2 aliphatic rings. The highest BCUT2D eigenvalue weighted by Crippen LogP contribution is 2.27. The molecule has 0 aromatic carbocycles. The Labute approximate surface area is 114 Å². The van der Waals surface area contributed by atoms with Gasteiger partial charge in [-0.25, -0.2) is 0 Å². The molecule has 2 saturated heterocycles. The van der Waals surface area contributed by atoms with Crippen molar-refractivity contribution in [2.45, 2.75) is 30.8 Å². The summed E-state index contributed by atoms with van der Waals surface area (Å²) in [6.07, 6.45) is 0.896. The normalized spacial score (nSPS) is 33.2. The molecular weight excluding hydrogens is 270 g/mol. The van der Waals surface area contributed by atoms with Crippen LogP contribution < -0.4 is 5.32 Å². The van der Waals surface area contributed by atoms with Crippen LogP contribution in [0.3, 0.4) is 0 Å². The monoisotopic (exact) mass is 293 g/mol. The van der Waals surface area contributed by atoms with Gasteiger partial charge in [0.15, 0.2) is 0 Å². The Hall–Kier alpha value is 0.180. The molecule has 0 aromatic heterocycles. The summed E-state index contributed by atoms with van der Waals surface area (Å²) < 4.78 is 28.5. The molecule has 106 valence electrons. The smallest absolute Gasteiger partial charge is 0.282 e. The third kappa shape index (κ3) is 3.39. The van der Waals surface area contributed by atoms with Crippen LogP contribution >= 0.6 is 11.8 Å². The number of rotatable bonds is 2. The highest BCUT2D eigenvalue weighted by atomic mass is 32.2. The van der Waals surface area contributed by atoms with Crippen LogP contribution in [0.4, 0.5) is 0 Å². The second-order valence-corrected chi connectivity index (χ2v) is 8.89. The summed E-state index contributed by atoms with van der Waals surface area (Å²) in [7, 11) is -3.26. The van der Waals surface area contributed by atoms with E-state index in [0.717, 1.165) is 19.5 Å². The van der Waals surface area contributed by atoms with E-state index in [-0.39, 0.29) is 0 Å². The fourth-order valence-corrected chi connectivity index (χ4v) is 5.88. The van der Waals surface area contributed by atoms with Crippen LogP contribution in [0.25, 0.3) is 0 Å². The van der Waals surface area contributed by atoms with Crippen molar-refractivity contribution in [3.8, 4) is 0 Å². The number of nitrogens with zero attached hydrogens (tertiary/aromatic N) is 2. The zero-order valence-electron chi connectivity index (χ0n) is 11.1. The van der Waals surface area contributed by atoms with E-state index in [9.17, 15) is 8.42 Å². The third-order valence-corrected chi connectivity index (χ3v) is 6.53. The Morgan fingerprint density at radius 2 is 1.72 bits per heavy atom. The van der Waals surface area contributed by atoms with Crippen molar-refractivity contribution in [2.75, 3.05) is 39.3 Å². The summed E-state index contributed by atoms with van der Waals surface area (Å²) in [6, 6.07) is 0. The van der Waals surface area contributed by atoms with Crippen molar-refractivity contribution >= 4 is 22.0 Å². The maximum Gasteiger partial charge on any atom is 0.282 e. The maximum atomic E-state index is 12.6. The first-order valence-electron chi connectivity index (χ1n) is 6.61. The predicted octanol–water partition coefficient (Wildman–Crippen LogP) is 0.352. The molecular formula is C11H23N3O2S2. The fraction of sp³-hybridized carbons (Fsp3) is 1.00. The molecule has 0 bridgehead atoms. The lowest BCUT2D eigenvalue weighted by Crippen LogP contribution is -2.51. The minimum Gasteiger partial charge on any atom is -0.315 e. The van der Waals surface area contributed by atoms with E-state index in [1.165, 1.54) is 0 Å². The van der Waals surface area contributed by atoms with Crippen LogP contribution in [-0.2, 0) is 10.2 Å². The Kier molecular flexibility index (Phi) is 4.93. The molecule has 0 aromatic rings. The van der Waals surface area contributed by atoms with Crippen LogP contribution in [-0.4, -0.2) is 66.8 Å². The zero-order valence-corrected chi connectivity index (χ0v) is 12.8. The average Bonchev–Trinajstić information content (AvgIpc) is 2.56. The second kappa shape index (κ2) is 6.09. The summed E-state index contributed by atoms with van der Waals surface area (Å²) in [5, 5.41) is 4.01. The molecule has 0 radical (unpaired) electrons. The van der Waals surface area contributed by atoms with Crippen LogP contribution in [0.1, 0.15) is 20.3 Å².